The number of amides is 1. The van der Waals surface area contributed by atoms with Crippen LogP contribution in [0.3, 0.4) is 0 Å². The van der Waals surface area contributed by atoms with E-state index in [-0.39, 0.29) is 34.2 Å². The van der Waals surface area contributed by atoms with Crippen molar-refractivity contribution >= 4 is 23.3 Å². The maximum Gasteiger partial charge on any atom is 0.254 e. The Kier molecular flexibility index (Phi) is 6.11. The van der Waals surface area contributed by atoms with Crippen molar-refractivity contribution in [3.05, 3.63) is 58.9 Å². The van der Waals surface area contributed by atoms with Crippen molar-refractivity contribution in [1.29, 1.82) is 5.26 Å². The normalized spacial score (nSPS) is 18.1. The minimum atomic E-state index is -0.696. The van der Waals surface area contributed by atoms with E-state index in [2.05, 4.69) is 11.3 Å². The van der Waals surface area contributed by atoms with Gasteiger partial charge in [0.1, 0.15) is 22.8 Å². The molecule has 33 heavy (non-hydrogen) atoms. The summed E-state index contributed by atoms with van der Waals surface area (Å²) in [5.41, 5.74) is 13.0. The zero-order valence-corrected chi connectivity index (χ0v) is 18.6. The summed E-state index contributed by atoms with van der Waals surface area (Å²) in [6, 6.07) is 10.7. The molecule has 3 aromatic rings. The number of nitrogens with zero attached hydrogens (tertiary/aromatic N) is 4. The second kappa shape index (κ2) is 9.00. The van der Waals surface area contributed by atoms with Crippen LogP contribution in [0, 0.1) is 17.3 Å². The van der Waals surface area contributed by atoms with Gasteiger partial charge in [-0.25, -0.2) is 9.07 Å². The molecule has 1 amide bonds. The number of piperidine rings is 1. The Morgan fingerprint density at radius 1 is 1.27 bits per heavy atom. The van der Waals surface area contributed by atoms with Gasteiger partial charge < -0.3 is 21.1 Å². The summed E-state index contributed by atoms with van der Waals surface area (Å²) >= 11 is 5.77. The molecule has 1 aromatic heterocycles. The Balaban J connectivity index is 1.64. The fraction of sp³-hybridized carbons (Fsp3) is 0.261. The Bertz CT molecular complexity index is 1240. The van der Waals surface area contributed by atoms with Crippen LogP contribution in [-0.2, 0) is 0 Å². The van der Waals surface area contributed by atoms with E-state index in [9.17, 15) is 14.4 Å². The van der Waals surface area contributed by atoms with Crippen LogP contribution in [0.1, 0.15) is 36.2 Å². The average molecular weight is 469 g/mol. The van der Waals surface area contributed by atoms with Gasteiger partial charge in [0.05, 0.1) is 12.6 Å². The fourth-order valence-corrected chi connectivity index (χ4v) is 4.12. The number of anilines is 1. The Morgan fingerprint density at radius 3 is 2.64 bits per heavy atom. The first-order valence-electron chi connectivity index (χ1n) is 10.4. The lowest BCUT2D eigenvalue weighted by Crippen LogP contribution is -2.39. The first kappa shape index (κ1) is 22.4. The van der Waals surface area contributed by atoms with Gasteiger partial charge in [0.25, 0.3) is 5.91 Å². The van der Waals surface area contributed by atoms with Crippen LogP contribution in [-0.4, -0.2) is 33.2 Å². The molecule has 2 heterocycles. The van der Waals surface area contributed by atoms with Crippen molar-refractivity contribution in [3.8, 4) is 28.9 Å². The third-order valence-electron chi connectivity index (χ3n) is 5.77. The number of nitrogens with two attached hydrogens (primary N) is 2. The van der Waals surface area contributed by atoms with Crippen LogP contribution >= 0.6 is 11.6 Å². The van der Waals surface area contributed by atoms with Gasteiger partial charge in [-0.3, -0.25) is 4.79 Å². The number of likely N-dealkylation sites (tertiary alicyclic amines) is 1. The molecule has 0 spiro atoms. The SMILES string of the molecule is CC1CCC(n2nc(-c3ccc(Oc4ccc(Cl)cc4F)cc3)c(C(N)=O)c2N)CN1C#N. The Labute approximate surface area is 195 Å². The third-order valence-corrected chi connectivity index (χ3v) is 6.01. The van der Waals surface area contributed by atoms with Gasteiger partial charge in [-0.15, -0.1) is 0 Å². The van der Waals surface area contributed by atoms with Gasteiger partial charge in [-0.05, 0) is 62.2 Å². The van der Waals surface area contributed by atoms with E-state index in [0.717, 1.165) is 12.8 Å². The molecule has 0 saturated carbocycles. The summed E-state index contributed by atoms with van der Waals surface area (Å²) in [7, 11) is 0. The monoisotopic (exact) mass is 468 g/mol. The molecule has 0 radical (unpaired) electrons. The molecular formula is C23H22ClFN6O2. The number of carbonyl (C=O) groups excluding carboxylic acids is 1. The summed E-state index contributed by atoms with van der Waals surface area (Å²) in [4.78, 5) is 13.9. The Morgan fingerprint density at radius 2 is 2.00 bits per heavy atom. The van der Waals surface area contributed by atoms with Crippen molar-refractivity contribution in [3.63, 3.8) is 0 Å². The van der Waals surface area contributed by atoms with Gasteiger partial charge in [-0.2, -0.15) is 10.4 Å². The fourth-order valence-electron chi connectivity index (χ4n) is 3.96. The molecule has 4 N–H and O–H groups in total. The summed E-state index contributed by atoms with van der Waals surface area (Å²) in [6.45, 7) is 2.44. The van der Waals surface area contributed by atoms with Gasteiger partial charge in [0.15, 0.2) is 17.8 Å². The molecule has 8 nitrogen and oxygen atoms in total. The molecule has 0 aliphatic carbocycles. The summed E-state index contributed by atoms with van der Waals surface area (Å²) in [5, 5.41) is 14.2. The number of hydrogen-bond donors (Lipinski definition) is 2. The predicted octanol–water partition coefficient (Wildman–Crippen LogP) is 4.32. The minimum Gasteiger partial charge on any atom is -0.454 e. The number of carbonyl (C=O) groups is 1. The van der Waals surface area contributed by atoms with Crippen LogP contribution < -0.4 is 16.2 Å². The number of rotatable bonds is 5. The van der Waals surface area contributed by atoms with E-state index < -0.39 is 11.7 Å². The molecule has 170 valence electrons. The molecule has 1 saturated heterocycles. The standard InChI is InChI=1S/C23H22ClFN6O2/c1-13-2-6-16(11-30(13)12-26)31-22(27)20(23(28)32)21(29-31)14-3-7-17(8-4-14)33-19-9-5-15(24)10-18(19)25/h3-5,7-10,13,16H,2,6,11,27H2,1H3,(H2,28,32). The predicted molar refractivity (Wildman–Crippen MR) is 122 cm³/mol. The highest BCUT2D eigenvalue weighted by Crippen LogP contribution is 2.34. The molecule has 0 bridgehead atoms. The highest BCUT2D eigenvalue weighted by Gasteiger charge is 2.30. The number of nitrogen functional groups attached to an aromatic ring is 1. The number of benzene rings is 2. The molecule has 2 unspecified atom stereocenters. The summed E-state index contributed by atoms with van der Waals surface area (Å²) in [5.74, 6) is -0.689. The van der Waals surface area contributed by atoms with E-state index in [0.29, 0.717) is 23.6 Å². The van der Waals surface area contributed by atoms with E-state index in [1.165, 1.54) is 18.2 Å². The average Bonchev–Trinajstić information content (AvgIpc) is 3.14. The lowest BCUT2D eigenvalue weighted by atomic mass is 10.00. The van der Waals surface area contributed by atoms with Crippen molar-refractivity contribution in [2.75, 3.05) is 12.3 Å². The highest BCUT2D eigenvalue weighted by molar-refractivity contribution is 6.30. The molecule has 2 aromatic carbocycles. The van der Waals surface area contributed by atoms with Crippen LogP contribution in [0.25, 0.3) is 11.3 Å². The first-order valence-corrected chi connectivity index (χ1v) is 10.7. The van der Waals surface area contributed by atoms with Crippen molar-refractivity contribution in [2.24, 2.45) is 5.73 Å². The zero-order chi connectivity index (χ0) is 23.7. The molecule has 1 aliphatic rings. The first-order chi connectivity index (χ1) is 15.8. The van der Waals surface area contributed by atoms with Gasteiger partial charge in [-0.1, -0.05) is 11.6 Å². The number of primary amides is 1. The van der Waals surface area contributed by atoms with Crippen LogP contribution in [0.5, 0.6) is 11.5 Å². The van der Waals surface area contributed by atoms with Crippen LogP contribution in [0.4, 0.5) is 10.2 Å². The van der Waals surface area contributed by atoms with Crippen molar-refractivity contribution in [2.45, 2.75) is 31.8 Å². The lowest BCUT2D eigenvalue weighted by Gasteiger charge is -2.34. The second-order valence-electron chi connectivity index (χ2n) is 7.95. The molecular weight excluding hydrogens is 447 g/mol. The van der Waals surface area contributed by atoms with Gasteiger partial charge >= 0.3 is 0 Å². The Hall–Kier alpha value is -3.77. The molecule has 2 atom stereocenters. The molecule has 4 rings (SSSR count). The largest absolute Gasteiger partial charge is 0.454 e. The quantitative estimate of drug-likeness (QED) is 0.537. The van der Waals surface area contributed by atoms with E-state index in [4.69, 9.17) is 27.8 Å². The highest BCUT2D eigenvalue weighted by atomic mass is 35.5. The zero-order valence-electron chi connectivity index (χ0n) is 17.8. The van der Waals surface area contributed by atoms with Crippen LogP contribution in [0.2, 0.25) is 5.02 Å². The third kappa shape index (κ3) is 4.43. The summed E-state index contributed by atoms with van der Waals surface area (Å²) < 4.78 is 21.2. The molecule has 1 aliphatic heterocycles. The van der Waals surface area contributed by atoms with Crippen LogP contribution in [0.15, 0.2) is 42.5 Å². The molecule has 1 fully saturated rings. The van der Waals surface area contributed by atoms with Crippen molar-refractivity contribution < 1.29 is 13.9 Å². The van der Waals surface area contributed by atoms with Crippen molar-refractivity contribution in [1.82, 2.24) is 14.7 Å². The van der Waals surface area contributed by atoms with E-state index in [1.807, 2.05) is 6.92 Å². The number of nitriles is 1. The lowest BCUT2D eigenvalue weighted by molar-refractivity contribution is 0.100. The van der Waals surface area contributed by atoms with E-state index >= 15 is 0 Å². The molecule has 10 heteroatoms. The number of aromatic nitrogens is 2. The summed E-state index contributed by atoms with van der Waals surface area (Å²) in [6.07, 6.45) is 3.76. The number of hydrogen-bond acceptors (Lipinski definition) is 6. The number of halogens is 2. The minimum absolute atomic E-state index is 0.0343. The van der Waals surface area contributed by atoms with Gasteiger partial charge in [0.2, 0.25) is 0 Å². The second-order valence-corrected chi connectivity index (χ2v) is 8.39. The van der Waals surface area contributed by atoms with E-state index in [1.54, 1.807) is 33.8 Å². The smallest absolute Gasteiger partial charge is 0.254 e. The maximum atomic E-state index is 14.0. The van der Waals surface area contributed by atoms with Gasteiger partial charge in [0, 0.05) is 16.6 Å². The maximum absolute atomic E-state index is 14.0. The number of ether oxygens (including phenoxy) is 1. The topological polar surface area (TPSA) is 123 Å².